The molecule has 110 valence electrons. The van der Waals surface area contributed by atoms with E-state index in [1.165, 1.54) is 11.3 Å². The van der Waals surface area contributed by atoms with E-state index in [-0.39, 0.29) is 0 Å². The highest BCUT2D eigenvalue weighted by Gasteiger charge is 2.18. The van der Waals surface area contributed by atoms with Gasteiger partial charge < -0.3 is 10.5 Å². The minimum absolute atomic E-state index is 0.348. The third kappa shape index (κ3) is 5.00. The highest BCUT2D eigenvalue weighted by Crippen LogP contribution is 2.22. The zero-order valence-electron chi connectivity index (χ0n) is 12.0. The first-order chi connectivity index (χ1) is 9.23. The van der Waals surface area contributed by atoms with Crippen LogP contribution in [0, 0.1) is 0 Å². The molecule has 3 N–H and O–H groups in total. The van der Waals surface area contributed by atoms with Crippen molar-refractivity contribution in [2.75, 3.05) is 5.32 Å². The van der Waals surface area contributed by atoms with E-state index in [4.69, 9.17) is 10.5 Å². The maximum Gasteiger partial charge on any atom is 0.413 e. The topological polar surface area (TPSA) is 94.3 Å². The quantitative estimate of drug-likeness (QED) is 0.835. The number of nitrogens with one attached hydrogen (secondary N) is 1. The molecule has 20 heavy (non-hydrogen) atoms. The van der Waals surface area contributed by atoms with Crippen molar-refractivity contribution in [2.45, 2.75) is 39.7 Å². The Kier molecular flexibility index (Phi) is 5.26. The van der Waals surface area contributed by atoms with Gasteiger partial charge in [-0.25, -0.2) is 9.78 Å². The second-order valence-corrected chi connectivity index (χ2v) is 5.91. The van der Waals surface area contributed by atoms with Crippen molar-refractivity contribution < 1.29 is 14.3 Å². The van der Waals surface area contributed by atoms with Crippen molar-refractivity contribution in [1.82, 2.24) is 4.98 Å². The summed E-state index contributed by atoms with van der Waals surface area (Å²) in [7, 11) is 0. The van der Waals surface area contributed by atoms with Gasteiger partial charge in [0.2, 0.25) is 0 Å². The summed E-state index contributed by atoms with van der Waals surface area (Å²) in [6.07, 6.45) is 1.79. The number of hydrogen-bond donors (Lipinski definition) is 2. The molecule has 0 saturated carbocycles. The molecule has 0 aliphatic rings. The highest BCUT2D eigenvalue weighted by atomic mass is 32.1. The number of nitrogens with zero attached hydrogens (tertiary/aromatic N) is 1. The molecule has 0 atom stereocenters. The zero-order valence-corrected chi connectivity index (χ0v) is 12.8. The summed E-state index contributed by atoms with van der Waals surface area (Å²) in [5.74, 6) is -0.541. The maximum atomic E-state index is 11.6. The first kappa shape index (κ1) is 16.2. The van der Waals surface area contributed by atoms with Gasteiger partial charge in [0.1, 0.15) is 5.60 Å². The molecule has 1 aromatic rings. The Morgan fingerprint density at radius 2 is 2.15 bits per heavy atom. The molecule has 1 aromatic heterocycles. The highest BCUT2D eigenvalue weighted by molar-refractivity contribution is 7.14. The zero-order chi connectivity index (χ0) is 15.3. The Labute approximate surface area is 122 Å². The van der Waals surface area contributed by atoms with Crippen LogP contribution in [-0.4, -0.2) is 22.6 Å². The van der Waals surface area contributed by atoms with E-state index in [9.17, 15) is 9.59 Å². The van der Waals surface area contributed by atoms with Crippen molar-refractivity contribution in [1.29, 1.82) is 0 Å². The fourth-order valence-corrected chi connectivity index (χ4v) is 2.08. The minimum atomic E-state index is -0.585. The van der Waals surface area contributed by atoms with Gasteiger partial charge in [0.25, 0.3) is 5.91 Å². The predicted octanol–water partition coefficient (Wildman–Crippen LogP) is 2.77. The number of carbonyl (C=O) groups excluding carboxylic acids is 2. The van der Waals surface area contributed by atoms with Crippen LogP contribution in [0.4, 0.5) is 9.93 Å². The maximum absolute atomic E-state index is 11.6. The molecule has 6 nitrogen and oxygen atoms in total. The molecule has 0 aliphatic heterocycles. The average Bonchev–Trinajstić information content (AvgIpc) is 2.70. The van der Waals surface area contributed by atoms with Gasteiger partial charge in [-0.2, -0.15) is 0 Å². The third-order valence-corrected chi connectivity index (χ3v) is 2.82. The van der Waals surface area contributed by atoms with Gasteiger partial charge in [-0.15, -0.1) is 11.3 Å². The van der Waals surface area contributed by atoms with Crippen LogP contribution in [0.2, 0.25) is 0 Å². The van der Waals surface area contributed by atoms with Crippen molar-refractivity contribution >= 4 is 34.0 Å². The molecule has 0 spiro atoms. The van der Waals surface area contributed by atoms with Crippen molar-refractivity contribution in [3.05, 3.63) is 17.2 Å². The van der Waals surface area contributed by atoms with E-state index in [0.717, 1.165) is 0 Å². The molecule has 1 heterocycles. The van der Waals surface area contributed by atoms with Gasteiger partial charge in [0, 0.05) is 5.38 Å². The number of nitrogens with two attached hydrogens (primary N) is 1. The van der Waals surface area contributed by atoms with E-state index >= 15 is 0 Å². The molecule has 1 rings (SSSR count). The van der Waals surface area contributed by atoms with E-state index in [0.29, 0.717) is 22.8 Å². The summed E-state index contributed by atoms with van der Waals surface area (Å²) in [6, 6.07) is 0. The van der Waals surface area contributed by atoms with Crippen LogP contribution < -0.4 is 11.1 Å². The molecule has 0 radical (unpaired) electrons. The Hall–Kier alpha value is -1.89. The predicted molar refractivity (Wildman–Crippen MR) is 79.4 cm³/mol. The smallest absolute Gasteiger partial charge is 0.413 e. The molecule has 0 aromatic carbocycles. The van der Waals surface area contributed by atoms with E-state index < -0.39 is 17.6 Å². The number of aromatic nitrogens is 1. The summed E-state index contributed by atoms with van der Waals surface area (Å²) >= 11 is 1.20. The number of rotatable bonds is 4. The van der Waals surface area contributed by atoms with Crippen LogP contribution in [0.3, 0.4) is 0 Å². The van der Waals surface area contributed by atoms with Crippen LogP contribution in [-0.2, 0) is 9.53 Å². The lowest BCUT2D eigenvalue weighted by atomic mass is 10.1. The van der Waals surface area contributed by atoms with Crippen LogP contribution in [0.1, 0.15) is 39.8 Å². The lowest BCUT2D eigenvalue weighted by molar-refractivity contribution is -0.112. The van der Waals surface area contributed by atoms with Crippen molar-refractivity contribution in [3.63, 3.8) is 0 Å². The number of ether oxygens (including phenoxy) is 1. The fraction of sp³-hybridized carbons (Fsp3) is 0.462. The van der Waals surface area contributed by atoms with E-state index in [1.807, 2.05) is 6.92 Å². The number of amides is 2. The SMILES string of the molecule is CC/C=C(\C(N)=O)c1csc(NC(=O)OC(C)(C)C)n1. The van der Waals surface area contributed by atoms with E-state index in [1.54, 1.807) is 32.2 Å². The monoisotopic (exact) mass is 297 g/mol. The van der Waals surface area contributed by atoms with Gasteiger partial charge in [-0.05, 0) is 27.2 Å². The van der Waals surface area contributed by atoms with Gasteiger partial charge in [0.15, 0.2) is 5.13 Å². The average molecular weight is 297 g/mol. The number of thiazole rings is 1. The first-order valence-electron chi connectivity index (χ1n) is 6.18. The summed E-state index contributed by atoms with van der Waals surface area (Å²) in [5, 5.41) is 4.55. The fourth-order valence-electron chi connectivity index (χ4n) is 1.38. The molecular formula is C13H19N3O3S. The normalized spacial score (nSPS) is 12.1. The van der Waals surface area contributed by atoms with Crippen LogP contribution in [0.5, 0.6) is 0 Å². The van der Waals surface area contributed by atoms with Crippen LogP contribution >= 0.6 is 11.3 Å². The molecule has 0 fully saturated rings. The largest absolute Gasteiger partial charge is 0.444 e. The number of carbonyl (C=O) groups is 2. The number of allylic oxidation sites excluding steroid dienone is 1. The molecule has 0 bridgehead atoms. The third-order valence-electron chi connectivity index (χ3n) is 2.06. The van der Waals surface area contributed by atoms with Gasteiger partial charge in [-0.1, -0.05) is 13.0 Å². The first-order valence-corrected chi connectivity index (χ1v) is 7.06. The molecule has 0 unspecified atom stereocenters. The summed E-state index contributed by atoms with van der Waals surface area (Å²) in [5.41, 5.74) is 5.52. The molecule has 0 aliphatic carbocycles. The Bertz CT molecular complexity index is 529. The number of hydrogen-bond acceptors (Lipinski definition) is 5. The Morgan fingerprint density at radius 3 is 2.65 bits per heavy atom. The second kappa shape index (κ2) is 6.51. The molecular weight excluding hydrogens is 278 g/mol. The van der Waals surface area contributed by atoms with Gasteiger partial charge in [0.05, 0.1) is 11.3 Å². The van der Waals surface area contributed by atoms with Crippen molar-refractivity contribution in [3.8, 4) is 0 Å². The lowest BCUT2D eigenvalue weighted by Crippen LogP contribution is -2.27. The number of primary amides is 1. The van der Waals surface area contributed by atoms with E-state index in [2.05, 4.69) is 10.3 Å². The van der Waals surface area contributed by atoms with Gasteiger partial charge >= 0.3 is 6.09 Å². The molecule has 7 heteroatoms. The van der Waals surface area contributed by atoms with Crippen molar-refractivity contribution in [2.24, 2.45) is 5.73 Å². The van der Waals surface area contributed by atoms with Crippen LogP contribution in [0.15, 0.2) is 11.5 Å². The summed E-state index contributed by atoms with van der Waals surface area (Å²) in [4.78, 5) is 27.1. The second-order valence-electron chi connectivity index (χ2n) is 5.06. The molecule has 0 saturated heterocycles. The summed E-state index contributed by atoms with van der Waals surface area (Å²) < 4.78 is 5.12. The summed E-state index contributed by atoms with van der Waals surface area (Å²) in [6.45, 7) is 7.22. The number of anilines is 1. The standard InChI is InChI=1S/C13H19N3O3S/c1-5-6-8(10(14)17)9-7-20-11(15-9)16-12(18)19-13(2,3)4/h6-7H,5H2,1-4H3,(H2,14,17)(H,15,16,18)/b8-6-. The Balaban J connectivity index is 2.80. The van der Waals surface area contributed by atoms with Crippen LogP contribution in [0.25, 0.3) is 5.57 Å². The Morgan fingerprint density at radius 1 is 1.50 bits per heavy atom. The molecule has 2 amide bonds. The lowest BCUT2D eigenvalue weighted by Gasteiger charge is -2.18. The van der Waals surface area contributed by atoms with Gasteiger partial charge in [-0.3, -0.25) is 10.1 Å². The minimum Gasteiger partial charge on any atom is -0.444 e.